The largest absolute Gasteiger partial charge is 0.460 e. The number of nitrogens with zero attached hydrogens (tertiary/aromatic N) is 4. The Hall–Kier alpha value is -4.27. The van der Waals surface area contributed by atoms with E-state index in [1.54, 1.807) is 4.57 Å². The molecule has 40 heavy (non-hydrogen) atoms. The molecule has 2 heterocycles. The van der Waals surface area contributed by atoms with E-state index in [0.29, 0.717) is 41.1 Å². The maximum Gasteiger partial charge on any atom is 0.310 e. The molecule has 2 aromatic heterocycles. The minimum atomic E-state index is -0.563. The summed E-state index contributed by atoms with van der Waals surface area (Å²) in [5, 5.41) is 4.12. The number of carbonyl (C=O) groups excluding carboxylic acids is 1. The second-order valence-electron chi connectivity index (χ2n) is 11.4. The summed E-state index contributed by atoms with van der Waals surface area (Å²) in [6.07, 6.45) is 1.26. The highest BCUT2D eigenvalue weighted by atomic mass is 16.6. The highest BCUT2D eigenvalue weighted by Crippen LogP contribution is 2.52. The SMILES string of the molecule is CCC(Nc1nc(N)nc(C)c1C1CC1C(=O)OC(C)(C)C)c1nc2cccc(C)c2c(=O)n1-c1ccccc1. The van der Waals surface area contributed by atoms with Crippen LogP contribution in [0.5, 0.6) is 0 Å². The number of aromatic nitrogens is 4. The quantitative estimate of drug-likeness (QED) is 0.299. The van der Waals surface area contributed by atoms with Gasteiger partial charge in [-0.1, -0.05) is 37.3 Å². The number of anilines is 2. The van der Waals surface area contributed by atoms with Crippen LogP contribution in [-0.2, 0) is 9.53 Å². The van der Waals surface area contributed by atoms with E-state index in [2.05, 4.69) is 15.3 Å². The number of fused-ring (bicyclic) bond motifs is 1. The lowest BCUT2D eigenvalue weighted by atomic mass is 10.1. The molecule has 4 aromatic rings. The van der Waals surface area contributed by atoms with E-state index in [9.17, 15) is 9.59 Å². The Morgan fingerprint density at radius 1 is 1.10 bits per heavy atom. The van der Waals surface area contributed by atoms with Crippen molar-refractivity contribution in [2.24, 2.45) is 5.92 Å². The van der Waals surface area contributed by atoms with Crippen LogP contribution >= 0.6 is 0 Å². The minimum absolute atomic E-state index is 0.0843. The van der Waals surface area contributed by atoms with Gasteiger partial charge in [0.05, 0.1) is 28.6 Å². The Labute approximate surface area is 233 Å². The van der Waals surface area contributed by atoms with Crippen molar-refractivity contribution in [1.29, 1.82) is 0 Å². The summed E-state index contributed by atoms with van der Waals surface area (Å²) in [4.78, 5) is 40.8. The number of carbonyl (C=O) groups is 1. The molecule has 9 nitrogen and oxygen atoms in total. The van der Waals surface area contributed by atoms with Crippen LogP contribution in [0.15, 0.2) is 53.3 Å². The lowest BCUT2D eigenvalue weighted by Crippen LogP contribution is -2.29. The van der Waals surface area contributed by atoms with Crippen molar-refractivity contribution in [3.63, 3.8) is 0 Å². The number of nitrogens with two attached hydrogens (primary N) is 1. The molecule has 0 radical (unpaired) electrons. The summed E-state index contributed by atoms with van der Waals surface area (Å²) in [5.74, 6) is 0.670. The summed E-state index contributed by atoms with van der Waals surface area (Å²) >= 11 is 0. The summed E-state index contributed by atoms with van der Waals surface area (Å²) < 4.78 is 7.32. The van der Waals surface area contributed by atoms with E-state index in [4.69, 9.17) is 15.5 Å². The van der Waals surface area contributed by atoms with Gasteiger partial charge in [0.2, 0.25) is 5.95 Å². The van der Waals surface area contributed by atoms with Crippen molar-refractivity contribution in [2.45, 2.75) is 71.9 Å². The van der Waals surface area contributed by atoms with Gasteiger partial charge in [0, 0.05) is 17.2 Å². The first-order valence-electron chi connectivity index (χ1n) is 13.7. The normalized spacial score (nSPS) is 17.4. The van der Waals surface area contributed by atoms with Gasteiger partial charge in [-0.3, -0.25) is 14.2 Å². The fourth-order valence-corrected chi connectivity index (χ4v) is 5.30. The molecule has 1 saturated carbocycles. The van der Waals surface area contributed by atoms with Gasteiger partial charge in [0.1, 0.15) is 17.2 Å². The molecule has 1 fully saturated rings. The first-order valence-corrected chi connectivity index (χ1v) is 13.7. The highest BCUT2D eigenvalue weighted by molar-refractivity contribution is 5.82. The van der Waals surface area contributed by atoms with Gasteiger partial charge in [0.15, 0.2) is 0 Å². The maximum absolute atomic E-state index is 14.0. The predicted molar refractivity (Wildman–Crippen MR) is 157 cm³/mol. The number of para-hydroxylation sites is 1. The van der Waals surface area contributed by atoms with E-state index in [1.807, 2.05) is 90.1 Å². The Bertz CT molecular complexity index is 1640. The molecular weight excluding hydrogens is 504 g/mol. The number of hydrogen-bond acceptors (Lipinski definition) is 8. The van der Waals surface area contributed by atoms with Gasteiger partial charge >= 0.3 is 5.97 Å². The summed E-state index contributed by atoms with van der Waals surface area (Å²) in [7, 11) is 0. The van der Waals surface area contributed by atoms with E-state index in [-0.39, 0.29) is 35.4 Å². The molecule has 2 aromatic carbocycles. The number of aryl methyl sites for hydroxylation is 2. The monoisotopic (exact) mass is 540 g/mol. The van der Waals surface area contributed by atoms with Crippen LogP contribution in [0.25, 0.3) is 16.6 Å². The van der Waals surface area contributed by atoms with Crippen LogP contribution in [0.4, 0.5) is 11.8 Å². The van der Waals surface area contributed by atoms with Gasteiger partial charge in [0.25, 0.3) is 5.56 Å². The van der Waals surface area contributed by atoms with Crippen molar-refractivity contribution in [2.75, 3.05) is 11.1 Å². The molecule has 9 heteroatoms. The highest BCUT2D eigenvalue weighted by Gasteiger charge is 2.48. The summed E-state index contributed by atoms with van der Waals surface area (Å²) in [5.41, 5.74) is 9.19. The molecule has 1 aliphatic carbocycles. The van der Waals surface area contributed by atoms with Crippen molar-refractivity contribution in [1.82, 2.24) is 19.5 Å². The average Bonchev–Trinajstić information content (AvgIpc) is 3.67. The topological polar surface area (TPSA) is 125 Å². The third-order valence-corrected chi connectivity index (χ3v) is 7.20. The third kappa shape index (κ3) is 5.28. The standard InChI is InChI=1S/C31H36N6O3/c1-7-22(27-35-23-15-11-12-17(2)24(23)28(38)37(27)19-13-9-8-10-14-19)34-26-25(18(3)33-30(32)36-26)20-16-21(20)29(39)40-31(4,5)6/h8-15,20-22H,7,16H2,1-6H3,(H3,32,33,34,36). The van der Waals surface area contributed by atoms with Crippen molar-refractivity contribution in [3.05, 3.63) is 81.5 Å². The predicted octanol–water partition coefficient (Wildman–Crippen LogP) is 5.38. The smallest absolute Gasteiger partial charge is 0.310 e. The number of nitrogens with one attached hydrogen (secondary N) is 1. The van der Waals surface area contributed by atoms with Crippen LogP contribution in [0, 0.1) is 19.8 Å². The Balaban J connectivity index is 1.60. The van der Waals surface area contributed by atoms with E-state index in [0.717, 1.165) is 16.8 Å². The third-order valence-electron chi connectivity index (χ3n) is 7.20. The van der Waals surface area contributed by atoms with E-state index in [1.165, 1.54) is 0 Å². The minimum Gasteiger partial charge on any atom is -0.460 e. The first-order chi connectivity index (χ1) is 19.0. The molecule has 3 unspecified atom stereocenters. The molecule has 3 N–H and O–H groups in total. The molecule has 0 saturated heterocycles. The van der Waals surface area contributed by atoms with Crippen molar-refractivity contribution >= 4 is 28.6 Å². The molecule has 0 amide bonds. The van der Waals surface area contributed by atoms with Crippen LogP contribution in [0.3, 0.4) is 0 Å². The van der Waals surface area contributed by atoms with Crippen LogP contribution in [-0.4, -0.2) is 31.1 Å². The number of esters is 1. The Morgan fingerprint density at radius 3 is 2.50 bits per heavy atom. The van der Waals surface area contributed by atoms with Gasteiger partial charge < -0.3 is 15.8 Å². The second-order valence-corrected chi connectivity index (χ2v) is 11.4. The molecule has 0 bridgehead atoms. The first kappa shape index (κ1) is 27.3. The average molecular weight is 541 g/mol. The van der Waals surface area contributed by atoms with E-state index < -0.39 is 5.60 Å². The molecule has 3 atom stereocenters. The fraction of sp³-hybridized carbons (Fsp3) is 0.387. The van der Waals surface area contributed by atoms with Gasteiger partial charge in [-0.2, -0.15) is 4.98 Å². The van der Waals surface area contributed by atoms with Gasteiger partial charge in [-0.25, -0.2) is 9.97 Å². The zero-order chi connectivity index (χ0) is 28.8. The molecule has 5 rings (SSSR count). The number of rotatable bonds is 7. The van der Waals surface area contributed by atoms with Crippen LogP contribution in [0.1, 0.15) is 75.1 Å². The number of benzene rings is 2. The Kier molecular flexibility index (Phi) is 7.08. The summed E-state index contributed by atoms with van der Waals surface area (Å²) in [6.45, 7) is 11.4. The number of nitrogen functional groups attached to an aromatic ring is 1. The molecule has 1 aliphatic rings. The lowest BCUT2D eigenvalue weighted by Gasteiger charge is -2.24. The molecule has 208 valence electrons. The van der Waals surface area contributed by atoms with Crippen molar-refractivity contribution in [3.8, 4) is 5.69 Å². The summed E-state index contributed by atoms with van der Waals surface area (Å²) in [6, 6.07) is 14.8. The van der Waals surface area contributed by atoms with Gasteiger partial charge in [-0.15, -0.1) is 0 Å². The number of hydrogen-bond donors (Lipinski definition) is 2. The zero-order valence-electron chi connectivity index (χ0n) is 23.9. The van der Waals surface area contributed by atoms with Crippen LogP contribution in [0.2, 0.25) is 0 Å². The lowest BCUT2D eigenvalue weighted by molar-refractivity contribution is -0.156. The molecule has 0 aliphatic heterocycles. The van der Waals surface area contributed by atoms with Crippen LogP contribution < -0.4 is 16.6 Å². The maximum atomic E-state index is 14.0. The Morgan fingerprint density at radius 2 is 1.82 bits per heavy atom. The van der Waals surface area contributed by atoms with E-state index >= 15 is 0 Å². The molecule has 0 spiro atoms. The van der Waals surface area contributed by atoms with Gasteiger partial charge in [-0.05, 0) is 71.2 Å². The van der Waals surface area contributed by atoms with Crippen molar-refractivity contribution < 1.29 is 9.53 Å². The fourth-order valence-electron chi connectivity index (χ4n) is 5.30. The molecular formula is C31H36N6O3. The number of ether oxygens (including phenoxy) is 1. The zero-order valence-corrected chi connectivity index (χ0v) is 23.9. The second kappa shape index (κ2) is 10.4.